The zero-order valence-electron chi connectivity index (χ0n) is 17.0. The Kier molecular flexibility index (Phi) is 4.07. The Morgan fingerprint density at radius 2 is 1.86 bits per heavy atom. The fraction of sp³-hybridized carbons (Fsp3) is 0.900. The van der Waals surface area contributed by atoms with E-state index in [-0.39, 0.29) is 25.2 Å². The molecule has 8 heteroatoms. The number of carbonyl (C=O) groups excluding carboxylic acids is 2. The monoisotopic (exact) mass is 398 g/mol. The number of carbonyl (C=O) groups is 2. The highest BCUT2D eigenvalue weighted by Crippen LogP contribution is 2.70. The third kappa shape index (κ3) is 2.26. The van der Waals surface area contributed by atoms with Gasteiger partial charge in [0.1, 0.15) is 17.8 Å². The predicted octanol–water partition coefficient (Wildman–Crippen LogP) is 0.300. The molecule has 158 valence electrons. The highest BCUT2D eigenvalue weighted by atomic mass is 16.7. The van der Waals surface area contributed by atoms with Gasteiger partial charge in [-0.25, -0.2) is 0 Å². The van der Waals surface area contributed by atoms with E-state index in [2.05, 4.69) is 0 Å². The van der Waals surface area contributed by atoms with Gasteiger partial charge in [0.15, 0.2) is 11.2 Å². The molecule has 0 amide bonds. The van der Waals surface area contributed by atoms with E-state index in [4.69, 9.17) is 14.2 Å². The van der Waals surface area contributed by atoms with E-state index in [0.717, 1.165) is 0 Å². The number of fused-ring (bicyclic) bond motifs is 2. The third-order valence-electron chi connectivity index (χ3n) is 7.33. The van der Waals surface area contributed by atoms with Gasteiger partial charge in [-0.2, -0.15) is 0 Å². The van der Waals surface area contributed by atoms with Crippen LogP contribution >= 0.6 is 0 Å². The average Bonchev–Trinajstić information content (AvgIpc) is 3.13. The number of hydrogen-bond donors (Lipinski definition) is 3. The standard InChI is InChI=1S/C20H30O8/c1-9(2)6-13(21)26-11-7-18(5,24)20-12(28-20)8-17(4,23)19(20,25)15-14(11)10(3)16(22)27-15/h9-12,14-15,23-25H,6-8H2,1-5H3. The third-order valence-corrected chi connectivity index (χ3v) is 7.33. The predicted molar refractivity (Wildman–Crippen MR) is 94.9 cm³/mol. The van der Waals surface area contributed by atoms with E-state index < -0.39 is 64.5 Å². The zero-order chi connectivity index (χ0) is 20.9. The van der Waals surface area contributed by atoms with Gasteiger partial charge in [0.2, 0.25) is 0 Å². The molecule has 4 fully saturated rings. The van der Waals surface area contributed by atoms with Crippen LogP contribution in [0.15, 0.2) is 0 Å². The van der Waals surface area contributed by atoms with Crippen LogP contribution in [0.3, 0.4) is 0 Å². The van der Waals surface area contributed by atoms with E-state index >= 15 is 0 Å². The second-order valence-electron chi connectivity index (χ2n) is 9.91. The molecule has 8 nitrogen and oxygen atoms in total. The molecule has 4 aliphatic rings. The second kappa shape index (κ2) is 5.68. The Labute approximate surface area is 164 Å². The van der Waals surface area contributed by atoms with Gasteiger partial charge in [-0.05, 0) is 19.8 Å². The lowest BCUT2D eigenvalue weighted by molar-refractivity contribution is -0.250. The van der Waals surface area contributed by atoms with Crippen LogP contribution in [0.1, 0.15) is 53.9 Å². The van der Waals surface area contributed by atoms with Crippen molar-refractivity contribution in [1.82, 2.24) is 0 Å². The van der Waals surface area contributed by atoms with Crippen LogP contribution < -0.4 is 0 Å². The number of esters is 2. The molecule has 4 rings (SSSR count). The largest absolute Gasteiger partial charge is 0.462 e. The van der Waals surface area contributed by atoms with Crippen molar-refractivity contribution < 1.29 is 39.1 Å². The summed E-state index contributed by atoms with van der Waals surface area (Å²) in [6.07, 6.45) is -2.27. The quantitative estimate of drug-likeness (QED) is 0.458. The summed E-state index contributed by atoms with van der Waals surface area (Å²) in [5.41, 5.74) is -6.72. The summed E-state index contributed by atoms with van der Waals surface area (Å²) in [5, 5.41) is 34.2. The summed E-state index contributed by atoms with van der Waals surface area (Å²) in [4.78, 5) is 24.8. The van der Waals surface area contributed by atoms with Crippen molar-refractivity contribution in [1.29, 1.82) is 0 Å². The summed E-state index contributed by atoms with van der Waals surface area (Å²) in [6, 6.07) is 0. The van der Waals surface area contributed by atoms with E-state index in [0.29, 0.717) is 0 Å². The molecule has 2 saturated heterocycles. The maximum absolute atomic E-state index is 12.4. The second-order valence-corrected chi connectivity index (χ2v) is 9.91. The summed E-state index contributed by atoms with van der Waals surface area (Å²) in [7, 11) is 0. The summed E-state index contributed by atoms with van der Waals surface area (Å²) < 4.78 is 17.1. The molecule has 9 unspecified atom stereocenters. The van der Waals surface area contributed by atoms with Crippen molar-refractivity contribution in [2.45, 2.75) is 94.6 Å². The first-order chi connectivity index (χ1) is 12.8. The average molecular weight is 398 g/mol. The molecule has 0 aromatic rings. The Morgan fingerprint density at radius 1 is 1.21 bits per heavy atom. The highest BCUT2D eigenvalue weighted by Gasteiger charge is 2.91. The molecule has 2 aliphatic heterocycles. The van der Waals surface area contributed by atoms with Gasteiger partial charge in [0.05, 0.1) is 17.6 Å². The molecule has 0 aromatic carbocycles. The first-order valence-corrected chi connectivity index (χ1v) is 10.0. The smallest absolute Gasteiger partial charge is 0.309 e. The van der Waals surface area contributed by atoms with Crippen LogP contribution in [0.25, 0.3) is 0 Å². The summed E-state index contributed by atoms with van der Waals surface area (Å²) in [6.45, 7) is 8.44. The van der Waals surface area contributed by atoms with Crippen molar-refractivity contribution in [3.8, 4) is 0 Å². The van der Waals surface area contributed by atoms with Crippen molar-refractivity contribution >= 4 is 11.9 Å². The van der Waals surface area contributed by atoms with Crippen molar-refractivity contribution in [2.24, 2.45) is 17.8 Å². The molecule has 9 atom stereocenters. The maximum Gasteiger partial charge on any atom is 0.309 e. The van der Waals surface area contributed by atoms with Crippen molar-refractivity contribution in [3.05, 3.63) is 0 Å². The molecule has 0 bridgehead atoms. The minimum atomic E-state index is -2.02. The van der Waals surface area contributed by atoms with Crippen LogP contribution in [0.4, 0.5) is 0 Å². The van der Waals surface area contributed by atoms with E-state index in [1.807, 2.05) is 13.8 Å². The van der Waals surface area contributed by atoms with Crippen LogP contribution in [0.2, 0.25) is 0 Å². The first-order valence-electron chi connectivity index (χ1n) is 10.0. The van der Waals surface area contributed by atoms with E-state index in [1.165, 1.54) is 13.8 Å². The van der Waals surface area contributed by atoms with Crippen molar-refractivity contribution in [3.63, 3.8) is 0 Å². The number of ether oxygens (including phenoxy) is 3. The normalized spacial score (nSPS) is 54.5. The molecular formula is C20H30O8. The minimum absolute atomic E-state index is 0.0200. The molecule has 1 spiro atoms. The molecule has 0 aromatic heterocycles. The van der Waals surface area contributed by atoms with Gasteiger partial charge in [-0.15, -0.1) is 0 Å². The lowest BCUT2D eigenvalue weighted by Gasteiger charge is -2.47. The Bertz CT molecular complexity index is 715. The molecular weight excluding hydrogens is 368 g/mol. The lowest BCUT2D eigenvalue weighted by Crippen LogP contribution is -2.70. The number of epoxide rings is 1. The zero-order valence-corrected chi connectivity index (χ0v) is 17.0. The number of hydrogen-bond acceptors (Lipinski definition) is 8. The van der Waals surface area contributed by atoms with Gasteiger partial charge in [-0.1, -0.05) is 20.8 Å². The highest BCUT2D eigenvalue weighted by molar-refractivity contribution is 5.76. The number of aliphatic hydroxyl groups is 3. The molecule has 3 N–H and O–H groups in total. The van der Waals surface area contributed by atoms with Gasteiger partial charge in [-0.3, -0.25) is 9.59 Å². The van der Waals surface area contributed by atoms with Crippen LogP contribution in [0, 0.1) is 17.8 Å². The summed E-state index contributed by atoms with van der Waals surface area (Å²) in [5.74, 6) is -2.23. The number of rotatable bonds is 3. The van der Waals surface area contributed by atoms with Crippen molar-refractivity contribution in [2.75, 3.05) is 0 Å². The maximum atomic E-state index is 12.4. The Balaban J connectivity index is 1.79. The molecule has 28 heavy (non-hydrogen) atoms. The SMILES string of the molecule is CC(C)CC(=O)OC1CC(C)(O)C23OC2CC(C)(O)C3(O)C2OC(=O)C(C)C12. The molecule has 2 aliphatic carbocycles. The van der Waals surface area contributed by atoms with Crippen LogP contribution in [-0.2, 0) is 23.8 Å². The van der Waals surface area contributed by atoms with Crippen LogP contribution in [0.5, 0.6) is 0 Å². The first kappa shape index (κ1) is 20.1. The van der Waals surface area contributed by atoms with E-state index in [1.54, 1.807) is 6.92 Å². The van der Waals surface area contributed by atoms with Crippen LogP contribution in [-0.4, -0.2) is 68.0 Å². The minimum Gasteiger partial charge on any atom is -0.462 e. The molecule has 2 saturated carbocycles. The molecule has 2 heterocycles. The fourth-order valence-corrected chi connectivity index (χ4v) is 5.99. The van der Waals surface area contributed by atoms with Gasteiger partial charge in [0.25, 0.3) is 0 Å². The lowest BCUT2D eigenvalue weighted by atomic mass is 9.68. The fourth-order valence-electron chi connectivity index (χ4n) is 5.99. The Morgan fingerprint density at radius 3 is 2.46 bits per heavy atom. The summed E-state index contributed by atoms with van der Waals surface area (Å²) >= 11 is 0. The van der Waals surface area contributed by atoms with Gasteiger partial charge < -0.3 is 29.5 Å². The molecule has 0 radical (unpaired) electrons. The Hall–Kier alpha value is -1.22. The topological polar surface area (TPSA) is 126 Å². The van der Waals surface area contributed by atoms with E-state index in [9.17, 15) is 24.9 Å². The van der Waals surface area contributed by atoms with Gasteiger partial charge in [0, 0.05) is 25.2 Å². The van der Waals surface area contributed by atoms with Gasteiger partial charge >= 0.3 is 11.9 Å².